The molecule has 1 unspecified atom stereocenters. The van der Waals surface area contributed by atoms with Crippen molar-refractivity contribution in [3.8, 4) is 0 Å². The zero-order valence-electron chi connectivity index (χ0n) is 8.38. The van der Waals surface area contributed by atoms with Crippen molar-refractivity contribution in [2.24, 2.45) is 5.73 Å². The second-order valence-corrected chi connectivity index (χ2v) is 3.17. The van der Waals surface area contributed by atoms with Gasteiger partial charge in [-0.25, -0.2) is 4.98 Å². The largest absolute Gasteiger partial charge is 0.433 e. The number of aromatic nitrogens is 1. The van der Waals surface area contributed by atoms with Crippen LogP contribution in [0, 0.1) is 0 Å². The zero-order chi connectivity index (χ0) is 12.3. The highest BCUT2D eigenvalue weighted by Crippen LogP contribution is 2.28. The first kappa shape index (κ1) is 12.3. The molecular formula is C9H10F3N3O. The van der Waals surface area contributed by atoms with Gasteiger partial charge < -0.3 is 11.1 Å². The summed E-state index contributed by atoms with van der Waals surface area (Å²) in [5, 5.41) is 2.47. The molecule has 0 aromatic carbocycles. The highest BCUT2D eigenvalue weighted by molar-refractivity contribution is 5.82. The number of hydrogen-bond acceptors (Lipinski definition) is 3. The van der Waals surface area contributed by atoms with Gasteiger partial charge in [-0.1, -0.05) is 6.07 Å². The molecule has 0 aliphatic heterocycles. The van der Waals surface area contributed by atoms with Crippen molar-refractivity contribution >= 4 is 11.7 Å². The number of alkyl halides is 3. The SMILES string of the molecule is CC(Nc1cccc(C(F)(F)F)n1)C(N)=O. The number of carbonyl (C=O) groups is 1. The van der Waals surface area contributed by atoms with E-state index in [4.69, 9.17) is 5.73 Å². The number of pyridine rings is 1. The molecule has 0 spiro atoms. The average molecular weight is 233 g/mol. The standard InChI is InChI=1S/C9H10F3N3O/c1-5(8(13)16)14-7-4-2-3-6(15-7)9(10,11)12/h2-5H,1H3,(H2,13,16)(H,14,15). The number of anilines is 1. The summed E-state index contributed by atoms with van der Waals surface area (Å²) < 4.78 is 36.8. The van der Waals surface area contributed by atoms with Crippen molar-refractivity contribution in [2.45, 2.75) is 19.1 Å². The van der Waals surface area contributed by atoms with Crippen LogP contribution < -0.4 is 11.1 Å². The van der Waals surface area contributed by atoms with Gasteiger partial charge in [-0.15, -0.1) is 0 Å². The third kappa shape index (κ3) is 3.11. The van der Waals surface area contributed by atoms with Gasteiger partial charge in [0.15, 0.2) is 0 Å². The molecule has 1 rings (SSSR count). The van der Waals surface area contributed by atoms with Gasteiger partial charge >= 0.3 is 6.18 Å². The topological polar surface area (TPSA) is 68.0 Å². The van der Waals surface area contributed by atoms with E-state index in [1.165, 1.54) is 19.1 Å². The van der Waals surface area contributed by atoms with Gasteiger partial charge in [0.25, 0.3) is 0 Å². The van der Waals surface area contributed by atoms with Crippen molar-refractivity contribution in [1.29, 1.82) is 0 Å². The second-order valence-electron chi connectivity index (χ2n) is 3.17. The molecule has 0 radical (unpaired) electrons. The Labute approximate surface area is 89.7 Å². The minimum Gasteiger partial charge on any atom is -0.368 e. The smallest absolute Gasteiger partial charge is 0.368 e. The monoisotopic (exact) mass is 233 g/mol. The Hall–Kier alpha value is -1.79. The molecule has 0 aliphatic rings. The van der Waals surface area contributed by atoms with Gasteiger partial charge in [-0.3, -0.25) is 4.79 Å². The maximum atomic E-state index is 12.3. The molecule has 7 heteroatoms. The van der Waals surface area contributed by atoms with Crippen molar-refractivity contribution in [3.05, 3.63) is 23.9 Å². The molecule has 16 heavy (non-hydrogen) atoms. The summed E-state index contributed by atoms with van der Waals surface area (Å²) in [6.07, 6.45) is -4.51. The quantitative estimate of drug-likeness (QED) is 0.828. The van der Waals surface area contributed by atoms with Crippen LogP contribution in [0.25, 0.3) is 0 Å². The minimum absolute atomic E-state index is 0.0406. The first-order valence-electron chi connectivity index (χ1n) is 4.41. The Balaban J connectivity index is 2.87. The van der Waals surface area contributed by atoms with Gasteiger partial charge in [-0.2, -0.15) is 13.2 Å². The average Bonchev–Trinajstić information content (AvgIpc) is 2.16. The number of amides is 1. The molecule has 1 aromatic heterocycles. The number of primary amides is 1. The predicted molar refractivity (Wildman–Crippen MR) is 51.5 cm³/mol. The fourth-order valence-corrected chi connectivity index (χ4v) is 0.966. The molecule has 0 bridgehead atoms. The fraction of sp³-hybridized carbons (Fsp3) is 0.333. The molecular weight excluding hydrogens is 223 g/mol. The zero-order valence-corrected chi connectivity index (χ0v) is 8.38. The lowest BCUT2D eigenvalue weighted by molar-refractivity contribution is -0.141. The number of halogens is 3. The number of rotatable bonds is 3. The van der Waals surface area contributed by atoms with E-state index in [2.05, 4.69) is 10.3 Å². The van der Waals surface area contributed by atoms with E-state index in [-0.39, 0.29) is 5.82 Å². The van der Waals surface area contributed by atoms with Crippen LogP contribution in [0.2, 0.25) is 0 Å². The molecule has 1 heterocycles. The number of nitrogens with one attached hydrogen (secondary N) is 1. The van der Waals surface area contributed by atoms with Crippen LogP contribution in [0.4, 0.5) is 19.0 Å². The predicted octanol–water partition coefficient (Wildman–Crippen LogP) is 1.39. The molecule has 1 aromatic rings. The number of carbonyl (C=O) groups excluding carboxylic acids is 1. The third-order valence-electron chi connectivity index (χ3n) is 1.83. The summed E-state index contributed by atoms with van der Waals surface area (Å²) in [6, 6.07) is 2.59. The number of nitrogens with two attached hydrogens (primary N) is 1. The molecule has 3 N–H and O–H groups in total. The van der Waals surface area contributed by atoms with Crippen molar-refractivity contribution < 1.29 is 18.0 Å². The first-order chi connectivity index (χ1) is 7.30. The fourth-order valence-electron chi connectivity index (χ4n) is 0.966. The summed E-state index contributed by atoms with van der Waals surface area (Å²) in [5.74, 6) is -0.708. The molecule has 0 saturated heterocycles. The number of hydrogen-bond donors (Lipinski definition) is 2. The molecule has 0 fully saturated rings. The first-order valence-corrected chi connectivity index (χ1v) is 4.41. The van der Waals surface area contributed by atoms with E-state index >= 15 is 0 Å². The van der Waals surface area contributed by atoms with Gasteiger partial charge in [-0.05, 0) is 19.1 Å². The molecule has 0 saturated carbocycles. The lowest BCUT2D eigenvalue weighted by Gasteiger charge is -2.12. The van der Waals surface area contributed by atoms with Crippen LogP contribution in [-0.2, 0) is 11.0 Å². The van der Waals surface area contributed by atoms with Crippen molar-refractivity contribution in [3.63, 3.8) is 0 Å². The van der Waals surface area contributed by atoms with Crippen molar-refractivity contribution in [2.75, 3.05) is 5.32 Å². The molecule has 1 atom stereocenters. The van der Waals surface area contributed by atoms with Crippen LogP contribution >= 0.6 is 0 Å². The Morgan fingerprint density at radius 3 is 2.62 bits per heavy atom. The summed E-state index contributed by atoms with van der Waals surface area (Å²) in [7, 11) is 0. The second kappa shape index (κ2) is 4.38. The van der Waals surface area contributed by atoms with E-state index < -0.39 is 23.8 Å². The minimum atomic E-state index is -4.51. The molecule has 1 amide bonds. The highest BCUT2D eigenvalue weighted by Gasteiger charge is 2.32. The maximum absolute atomic E-state index is 12.3. The normalized spacial score (nSPS) is 13.2. The van der Waals surface area contributed by atoms with Crippen LogP contribution in [0.3, 0.4) is 0 Å². The Morgan fingerprint density at radius 1 is 1.50 bits per heavy atom. The molecule has 0 aliphatic carbocycles. The highest BCUT2D eigenvalue weighted by atomic mass is 19.4. The van der Waals surface area contributed by atoms with Gasteiger partial charge in [0.05, 0.1) is 0 Å². The van der Waals surface area contributed by atoms with E-state index in [1.807, 2.05) is 0 Å². The van der Waals surface area contributed by atoms with Crippen LogP contribution in [0.15, 0.2) is 18.2 Å². The van der Waals surface area contributed by atoms with Crippen molar-refractivity contribution in [1.82, 2.24) is 4.98 Å². The van der Waals surface area contributed by atoms with Gasteiger partial charge in [0.2, 0.25) is 5.91 Å². The number of nitrogens with zero attached hydrogens (tertiary/aromatic N) is 1. The molecule has 4 nitrogen and oxygen atoms in total. The van der Waals surface area contributed by atoms with E-state index in [0.29, 0.717) is 0 Å². The third-order valence-corrected chi connectivity index (χ3v) is 1.83. The Morgan fingerprint density at radius 2 is 2.12 bits per heavy atom. The summed E-state index contributed by atoms with van der Waals surface area (Å²) in [4.78, 5) is 14.0. The lowest BCUT2D eigenvalue weighted by Crippen LogP contribution is -2.32. The van der Waals surface area contributed by atoms with Gasteiger partial charge in [0, 0.05) is 0 Å². The summed E-state index contributed by atoms with van der Waals surface area (Å²) in [6.45, 7) is 1.43. The Kier molecular flexibility index (Phi) is 3.36. The van der Waals surface area contributed by atoms with E-state index in [0.717, 1.165) is 6.07 Å². The molecule has 88 valence electrons. The van der Waals surface area contributed by atoms with E-state index in [9.17, 15) is 18.0 Å². The summed E-state index contributed by atoms with van der Waals surface area (Å²) >= 11 is 0. The summed E-state index contributed by atoms with van der Waals surface area (Å²) in [5.41, 5.74) is 3.94. The maximum Gasteiger partial charge on any atom is 0.433 e. The van der Waals surface area contributed by atoms with E-state index in [1.54, 1.807) is 0 Å². The Bertz CT molecular complexity index is 392. The van der Waals surface area contributed by atoms with Crippen LogP contribution in [0.5, 0.6) is 0 Å². The van der Waals surface area contributed by atoms with Crippen LogP contribution in [-0.4, -0.2) is 16.9 Å². The lowest BCUT2D eigenvalue weighted by atomic mass is 10.3. The van der Waals surface area contributed by atoms with Crippen LogP contribution in [0.1, 0.15) is 12.6 Å². The van der Waals surface area contributed by atoms with Gasteiger partial charge in [0.1, 0.15) is 17.6 Å².